The first-order valence-electron chi connectivity index (χ1n) is 7.15. The van der Waals surface area contributed by atoms with Crippen LogP contribution in [0.1, 0.15) is 32.4 Å². The van der Waals surface area contributed by atoms with E-state index in [-0.39, 0.29) is 6.23 Å². The average Bonchev–Trinajstić information content (AvgIpc) is 2.87. The van der Waals surface area contributed by atoms with Gasteiger partial charge in [0.1, 0.15) is 6.04 Å². The number of hydrogen-bond acceptors (Lipinski definition) is 2. The van der Waals surface area contributed by atoms with Gasteiger partial charge in [-0.2, -0.15) is 0 Å². The van der Waals surface area contributed by atoms with Crippen LogP contribution in [0.2, 0.25) is 0 Å². The Morgan fingerprint density at radius 2 is 2.05 bits per heavy atom. The van der Waals surface area contributed by atoms with Crippen molar-refractivity contribution in [1.29, 1.82) is 0 Å². The minimum absolute atomic E-state index is 0.258. The lowest BCUT2D eigenvalue weighted by molar-refractivity contribution is -0.756. The zero-order valence-electron chi connectivity index (χ0n) is 11.8. The number of aromatic nitrogens is 1. The number of halogens is 4. The Balaban J connectivity index is 0.000000282. The van der Waals surface area contributed by atoms with Crippen molar-refractivity contribution in [3.05, 3.63) is 24.4 Å². The van der Waals surface area contributed by atoms with Gasteiger partial charge in [0.05, 0.1) is 18.7 Å². The zero-order valence-corrected chi connectivity index (χ0v) is 11.8. The predicted molar refractivity (Wildman–Crippen MR) is 72.2 cm³/mol. The van der Waals surface area contributed by atoms with Crippen LogP contribution in [0.25, 0.3) is 0 Å². The normalized spacial score (nSPS) is 27.0. The van der Waals surface area contributed by atoms with Crippen molar-refractivity contribution in [1.82, 2.24) is 0 Å². The molecule has 1 fully saturated rings. The van der Waals surface area contributed by atoms with Gasteiger partial charge >= 0.3 is 7.25 Å². The largest absolute Gasteiger partial charge is 0.673 e. The molecule has 3 unspecified atom stereocenters. The van der Waals surface area contributed by atoms with Gasteiger partial charge in [0, 0.05) is 6.07 Å². The van der Waals surface area contributed by atoms with E-state index in [1.165, 1.54) is 25.1 Å². The van der Waals surface area contributed by atoms with Crippen molar-refractivity contribution in [3.63, 3.8) is 0 Å². The van der Waals surface area contributed by atoms with Crippen molar-refractivity contribution in [2.24, 2.45) is 5.92 Å². The third-order valence-electron chi connectivity index (χ3n) is 3.72. The summed E-state index contributed by atoms with van der Waals surface area (Å²) >= 11 is 0. The molecule has 1 saturated heterocycles. The molecule has 1 aromatic rings. The first kappa shape index (κ1) is 16.1. The Morgan fingerprint density at radius 3 is 2.71 bits per heavy atom. The molecule has 0 radical (unpaired) electrons. The summed E-state index contributed by atoms with van der Waals surface area (Å²) < 4.78 is 47.1. The molecule has 3 nitrogen and oxygen atoms in total. The molecular formula is C13H19BF4N2O. The van der Waals surface area contributed by atoms with Crippen molar-refractivity contribution in [2.45, 2.75) is 38.5 Å². The number of nitrogens with zero attached hydrogens (tertiary/aromatic N) is 1. The summed E-state index contributed by atoms with van der Waals surface area (Å²) in [5, 5.41) is 3.65. The second kappa shape index (κ2) is 6.64. The Labute approximate surface area is 121 Å². The summed E-state index contributed by atoms with van der Waals surface area (Å²) in [4.78, 5) is 0. The van der Waals surface area contributed by atoms with E-state index in [2.05, 4.69) is 41.2 Å². The molecule has 0 saturated carbocycles. The second-order valence-corrected chi connectivity index (χ2v) is 5.24. The highest BCUT2D eigenvalue weighted by Crippen LogP contribution is 2.35. The number of nitrogens with one attached hydrogen (secondary N) is 1. The lowest BCUT2D eigenvalue weighted by Gasteiger charge is -2.30. The van der Waals surface area contributed by atoms with E-state index in [0.717, 1.165) is 6.61 Å². The maximum atomic E-state index is 9.75. The summed E-state index contributed by atoms with van der Waals surface area (Å²) in [5.41, 5.74) is 0. The molecule has 8 heteroatoms. The van der Waals surface area contributed by atoms with Crippen LogP contribution in [-0.4, -0.2) is 19.9 Å². The van der Waals surface area contributed by atoms with Crippen molar-refractivity contribution < 1.29 is 26.6 Å². The minimum Gasteiger partial charge on any atom is -0.418 e. The van der Waals surface area contributed by atoms with E-state index in [1.54, 1.807) is 0 Å². The highest BCUT2D eigenvalue weighted by atomic mass is 19.5. The lowest BCUT2D eigenvalue weighted by Crippen LogP contribution is -2.54. The molecule has 2 aliphatic rings. The van der Waals surface area contributed by atoms with Gasteiger partial charge in [-0.25, -0.2) is 4.57 Å². The van der Waals surface area contributed by atoms with Crippen LogP contribution in [0.5, 0.6) is 0 Å². The molecule has 0 aromatic carbocycles. The van der Waals surface area contributed by atoms with E-state index in [1.807, 2.05) is 0 Å². The van der Waals surface area contributed by atoms with E-state index >= 15 is 0 Å². The van der Waals surface area contributed by atoms with Crippen molar-refractivity contribution >= 4 is 13.1 Å². The summed E-state index contributed by atoms with van der Waals surface area (Å²) in [6.07, 6.45) is 6.03. The van der Waals surface area contributed by atoms with E-state index in [4.69, 9.17) is 4.74 Å². The maximum Gasteiger partial charge on any atom is 0.673 e. The van der Waals surface area contributed by atoms with Crippen LogP contribution < -0.4 is 9.88 Å². The number of pyridine rings is 1. The highest BCUT2D eigenvalue weighted by Gasteiger charge is 2.45. The van der Waals surface area contributed by atoms with Gasteiger partial charge in [0.25, 0.3) is 5.82 Å². The summed E-state index contributed by atoms with van der Waals surface area (Å²) in [5.74, 6) is 1.84. The highest BCUT2D eigenvalue weighted by molar-refractivity contribution is 6.50. The first-order chi connectivity index (χ1) is 9.90. The number of rotatable bonds is 2. The molecule has 0 bridgehead atoms. The topological polar surface area (TPSA) is 25.1 Å². The van der Waals surface area contributed by atoms with Crippen LogP contribution in [0.15, 0.2) is 24.4 Å². The van der Waals surface area contributed by atoms with Gasteiger partial charge in [-0.05, 0) is 18.9 Å². The standard InChI is InChI=1S/C13H18N2O.BF4/c1-2-5-11-10-7-9-16-13(10)15-8-4-3-6-12(15)14-11;2-1(3,4)5/h3-4,6,8,10-11,13H,2,5,7,9H2,1H3;/q;-1/p+1. The summed E-state index contributed by atoms with van der Waals surface area (Å²) in [6.45, 7) is 3.15. The second-order valence-electron chi connectivity index (χ2n) is 5.24. The number of anilines is 1. The number of hydrogen-bond donors (Lipinski definition) is 1. The lowest BCUT2D eigenvalue weighted by atomic mass is 9.91. The quantitative estimate of drug-likeness (QED) is 0.515. The van der Waals surface area contributed by atoms with Crippen LogP contribution in [0, 0.1) is 5.92 Å². The van der Waals surface area contributed by atoms with Crippen molar-refractivity contribution in [2.75, 3.05) is 11.9 Å². The van der Waals surface area contributed by atoms with Gasteiger partial charge in [0.15, 0.2) is 0 Å². The average molecular weight is 306 g/mol. The van der Waals surface area contributed by atoms with Crippen LogP contribution >= 0.6 is 0 Å². The zero-order chi connectivity index (χ0) is 15.5. The molecule has 1 N–H and O–H groups in total. The molecule has 21 heavy (non-hydrogen) atoms. The molecule has 3 atom stereocenters. The molecule has 1 aromatic heterocycles. The molecule has 3 rings (SSSR count). The number of ether oxygens (including phenoxy) is 1. The van der Waals surface area contributed by atoms with Gasteiger partial charge in [-0.1, -0.05) is 19.4 Å². The molecule has 118 valence electrons. The van der Waals surface area contributed by atoms with Crippen LogP contribution in [-0.2, 0) is 4.74 Å². The van der Waals surface area contributed by atoms with Gasteiger partial charge in [-0.3, -0.25) is 5.32 Å². The molecule has 2 aliphatic heterocycles. The summed E-state index contributed by atoms with van der Waals surface area (Å²) in [6, 6.07) is 6.88. The van der Waals surface area contributed by atoms with Crippen LogP contribution in [0.3, 0.4) is 0 Å². The SMILES string of the molecule is CCCC1Nc2cccc[n+]2C2OCCC12.F[B-](F)(F)F. The van der Waals surface area contributed by atoms with E-state index < -0.39 is 7.25 Å². The van der Waals surface area contributed by atoms with Crippen molar-refractivity contribution in [3.8, 4) is 0 Å². The predicted octanol–water partition coefficient (Wildman–Crippen LogP) is 3.40. The van der Waals surface area contributed by atoms with E-state index in [9.17, 15) is 17.3 Å². The molecule has 0 amide bonds. The molecular weight excluding hydrogens is 287 g/mol. The van der Waals surface area contributed by atoms with Crippen LogP contribution in [0.4, 0.5) is 23.1 Å². The van der Waals surface area contributed by atoms with Gasteiger partial charge in [-0.15, -0.1) is 0 Å². The maximum absolute atomic E-state index is 9.75. The monoisotopic (exact) mass is 306 g/mol. The number of fused-ring (bicyclic) bond motifs is 3. The molecule has 0 spiro atoms. The Morgan fingerprint density at radius 1 is 1.33 bits per heavy atom. The summed E-state index contributed by atoms with van der Waals surface area (Å²) in [7, 11) is -6.00. The minimum atomic E-state index is -6.00. The fourth-order valence-corrected chi connectivity index (χ4v) is 2.97. The molecule has 0 aliphatic carbocycles. The Kier molecular flexibility index (Phi) is 5.08. The fraction of sp³-hybridized carbons (Fsp3) is 0.615. The molecule has 3 heterocycles. The third kappa shape index (κ3) is 4.33. The van der Waals surface area contributed by atoms with Gasteiger partial charge < -0.3 is 22.0 Å². The smallest absolute Gasteiger partial charge is 0.418 e. The third-order valence-corrected chi connectivity index (χ3v) is 3.72. The fourth-order valence-electron chi connectivity index (χ4n) is 2.97. The Hall–Kier alpha value is -1.31. The Bertz CT molecular complexity index is 466. The van der Waals surface area contributed by atoms with E-state index in [0.29, 0.717) is 12.0 Å². The first-order valence-corrected chi connectivity index (χ1v) is 7.15. The van der Waals surface area contributed by atoms with Gasteiger partial charge in [0.2, 0.25) is 6.23 Å².